The Kier molecular flexibility index (Phi) is 40.3. The van der Waals surface area contributed by atoms with E-state index in [0.29, 0.717) is 32.4 Å². The van der Waals surface area contributed by atoms with Crippen LogP contribution in [0.2, 0.25) is 0 Å². The summed E-state index contributed by atoms with van der Waals surface area (Å²) in [7, 11) is 4.06. The zero-order chi connectivity index (χ0) is 39.6. The van der Waals surface area contributed by atoms with Crippen molar-refractivity contribution < 1.29 is 23.9 Å². The first kappa shape index (κ1) is 51.9. The summed E-state index contributed by atoms with van der Waals surface area (Å²) in [5.41, 5.74) is 0. The number of allylic oxidation sites excluding steroid dienone is 4. The maximum absolute atomic E-state index is 13.0. The quantitative estimate of drug-likeness (QED) is 0.0351. The largest absolute Gasteiger partial charge is 0.464 e. The van der Waals surface area contributed by atoms with E-state index in [9.17, 15) is 14.4 Å². The van der Waals surface area contributed by atoms with Gasteiger partial charge in [-0.15, -0.1) is 0 Å². The van der Waals surface area contributed by atoms with Gasteiger partial charge in [-0.25, -0.2) is 0 Å². The molecule has 0 radical (unpaired) electrons. The van der Waals surface area contributed by atoms with Gasteiger partial charge in [0.25, 0.3) is 0 Å². The Labute approximate surface area is 334 Å². The second-order valence-electron chi connectivity index (χ2n) is 15.8. The molecular weight excluding hydrogens is 673 g/mol. The van der Waals surface area contributed by atoms with E-state index >= 15 is 0 Å². The second kappa shape index (κ2) is 42.0. The monoisotopic (exact) mass is 761 g/mol. The topological polar surface area (TPSA) is 76.1 Å². The molecule has 0 bridgehead atoms. The fourth-order valence-electron chi connectivity index (χ4n) is 6.59. The van der Waals surface area contributed by atoms with Crippen LogP contribution in [0, 0.1) is 0 Å². The summed E-state index contributed by atoms with van der Waals surface area (Å²) in [5.74, 6) is -0.370. The zero-order valence-electron chi connectivity index (χ0n) is 36.2. The molecule has 0 aromatic rings. The number of carbonyl (C=O) groups is 3. The summed E-state index contributed by atoms with van der Waals surface area (Å²) >= 11 is 0. The van der Waals surface area contributed by atoms with Gasteiger partial charge in [0.2, 0.25) is 5.91 Å². The van der Waals surface area contributed by atoms with Crippen LogP contribution in [0.25, 0.3) is 0 Å². The van der Waals surface area contributed by atoms with Crippen LogP contribution >= 0.6 is 0 Å². The Hall–Kier alpha value is -2.15. The standard InChI is InChI=1S/C47H88N2O5/c1-5-7-9-11-13-15-17-19-21-23-25-27-29-31-33-38-46(51)53-43-41-49(45(50)37-35-36-40-48(3)4)42-44-54-47(52)39-34-32-30-28-26-24-22-20-18-16-14-12-10-8-6-2/h19-22H,5-18,23-44H2,1-4H3. The summed E-state index contributed by atoms with van der Waals surface area (Å²) in [6.45, 7) is 6.48. The third-order valence-corrected chi connectivity index (χ3v) is 10.1. The van der Waals surface area contributed by atoms with Crippen LogP contribution in [0.15, 0.2) is 24.3 Å². The molecule has 0 aliphatic rings. The van der Waals surface area contributed by atoms with Crippen molar-refractivity contribution in [3.63, 3.8) is 0 Å². The van der Waals surface area contributed by atoms with Crippen molar-refractivity contribution in [2.45, 2.75) is 213 Å². The lowest BCUT2D eigenvalue weighted by Gasteiger charge is -2.23. The SMILES string of the molecule is CCCCCCCCC=CCCCCCCCC(=O)OCCN(CCOC(=O)CCCCCCCC=CCCCCCCCC)C(=O)CCCCN(C)C. The first-order valence-electron chi connectivity index (χ1n) is 22.9. The first-order valence-corrected chi connectivity index (χ1v) is 22.9. The highest BCUT2D eigenvalue weighted by molar-refractivity contribution is 5.76. The zero-order valence-corrected chi connectivity index (χ0v) is 36.2. The molecule has 7 heteroatoms. The predicted molar refractivity (Wildman–Crippen MR) is 230 cm³/mol. The van der Waals surface area contributed by atoms with Crippen LogP contribution < -0.4 is 0 Å². The number of ether oxygens (including phenoxy) is 2. The van der Waals surface area contributed by atoms with Gasteiger partial charge in [0.05, 0.1) is 13.1 Å². The van der Waals surface area contributed by atoms with Crippen LogP contribution in [0.4, 0.5) is 0 Å². The molecule has 0 N–H and O–H groups in total. The third kappa shape index (κ3) is 39.5. The number of amides is 1. The summed E-state index contributed by atoms with van der Waals surface area (Å²) in [5, 5.41) is 0. The van der Waals surface area contributed by atoms with E-state index in [-0.39, 0.29) is 31.1 Å². The Morgan fingerprint density at radius 3 is 1.11 bits per heavy atom. The van der Waals surface area contributed by atoms with Crippen molar-refractivity contribution in [2.24, 2.45) is 0 Å². The molecular formula is C47H88N2O5. The van der Waals surface area contributed by atoms with Gasteiger partial charge in [0, 0.05) is 19.3 Å². The number of carbonyl (C=O) groups excluding carboxylic acids is 3. The lowest BCUT2D eigenvalue weighted by Crippen LogP contribution is -2.37. The number of unbranched alkanes of at least 4 members (excludes halogenated alkanes) is 23. The average molecular weight is 761 g/mol. The molecule has 7 nitrogen and oxygen atoms in total. The van der Waals surface area contributed by atoms with Gasteiger partial charge in [-0.2, -0.15) is 0 Å². The molecule has 0 rings (SSSR count). The summed E-state index contributed by atoms with van der Waals surface area (Å²) in [6.07, 6.45) is 44.2. The van der Waals surface area contributed by atoms with Crippen LogP contribution in [0.3, 0.4) is 0 Å². The number of nitrogens with zero attached hydrogens (tertiary/aromatic N) is 2. The Balaban J connectivity index is 4.11. The summed E-state index contributed by atoms with van der Waals surface area (Å²) in [4.78, 5) is 41.6. The van der Waals surface area contributed by atoms with Crippen LogP contribution in [-0.2, 0) is 23.9 Å². The molecule has 1 amide bonds. The van der Waals surface area contributed by atoms with Gasteiger partial charge in [0.1, 0.15) is 13.2 Å². The Bertz CT molecular complexity index is 845. The number of hydrogen-bond donors (Lipinski definition) is 0. The van der Waals surface area contributed by atoms with Gasteiger partial charge in [-0.05, 0) is 97.7 Å². The van der Waals surface area contributed by atoms with Crippen LogP contribution in [0.1, 0.15) is 213 Å². The normalized spacial score (nSPS) is 11.6. The van der Waals surface area contributed by atoms with E-state index in [2.05, 4.69) is 43.1 Å². The van der Waals surface area contributed by atoms with Crippen molar-refractivity contribution in [1.29, 1.82) is 0 Å². The summed E-state index contributed by atoms with van der Waals surface area (Å²) < 4.78 is 11.0. The van der Waals surface area contributed by atoms with E-state index in [0.717, 1.165) is 70.8 Å². The average Bonchev–Trinajstić information content (AvgIpc) is 3.15. The molecule has 0 atom stereocenters. The maximum atomic E-state index is 13.0. The maximum Gasteiger partial charge on any atom is 0.305 e. The van der Waals surface area contributed by atoms with Crippen molar-refractivity contribution in [2.75, 3.05) is 46.9 Å². The molecule has 0 aliphatic carbocycles. The van der Waals surface area contributed by atoms with Gasteiger partial charge >= 0.3 is 11.9 Å². The lowest BCUT2D eigenvalue weighted by atomic mass is 10.1. The molecule has 0 saturated carbocycles. The minimum absolute atomic E-state index is 0.0235. The van der Waals surface area contributed by atoms with E-state index < -0.39 is 0 Å². The first-order chi connectivity index (χ1) is 26.4. The molecule has 316 valence electrons. The van der Waals surface area contributed by atoms with E-state index in [1.54, 1.807) is 4.90 Å². The number of hydrogen-bond acceptors (Lipinski definition) is 6. The van der Waals surface area contributed by atoms with Crippen molar-refractivity contribution in [3.8, 4) is 0 Å². The van der Waals surface area contributed by atoms with Crippen LogP contribution in [0.5, 0.6) is 0 Å². The highest BCUT2D eigenvalue weighted by atomic mass is 16.5. The van der Waals surface area contributed by atoms with Crippen LogP contribution in [-0.4, -0.2) is 74.6 Å². The molecule has 0 spiro atoms. The summed E-state index contributed by atoms with van der Waals surface area (Å²) in [6, 6.07) is 0. The van der Waals surface area contributed by atoms with E-state index in [1.807, 2.05) is 14.1 Å². The fourth-order valence-corrected chi connectivity index (χ4v) is 6.59. The second-order valence-corrected chi connectivity index (χ2v) is 15.8. The van der Waals surface area contributed by atoms with Gasteiger partial charge in [0.15, 0.2) is 0 Å². The fraction of sp³-hybridized carbons (Fsp3) is 0.851. The van der Waals surface area contributed by atoms with E-state index in [4.69, 9.17) is 9.47 Å². The van der Waals surface area contributed by atoms with Crippen molar-refractivity contribution in [1.82, 2.24) is 9.80 Å². The predicted octanol–water partition coefficient (Wildman–Crippen LogP) is 12.7. The van der Waals surface area contributed by atoms with Gasteiger partial charge < -0.3 is 19.3 Å². The minimum Gasteiger partial charge on any atom is -0.464 e. The number of esters is 2. The van der Waals surface area contributed by atoms with Gasteiger partial charge in [-0.3, -0.25) is 14.4 Å². The number of rotatable bonds is 41. The highest BCUT2D eigenvalue weighted by Gasteiger charge is 2.15. The smallest absolute Gasteiger partial charge is 0.305 e. The molecule has 0 aliphatic heterocycles. The van der Waals surface area contributed by atoms with E-state index in [1.165, 1.54) is 116 Å². The molecule has 0 saturated heterocycles. The highest BCUT2D eigenvalue weighted by Crippen LogP contribution is 2.12. The lowest BCUT2D eigenvalue weighted by molar-refractivity contribution is -0.147. The molecule has 0 heterocycles. The molecule has 0 aromatic heterocycles. The van der Waals surface area contributed by atoms with Crippen molar-refractivity contribution >= 4 is 17.8 Å². The van der Waals surface area contributed by atoms with Gasteiger partial charge in [-0.1, -0.05) is 141 Å². The molecule has 0 unspecified atom stereocenters. The third-order valence-electron chi connectivity index (χ3n) is 10.1. The Morgan fingerprint density at radius 1 is 0.407 bits per heavy atom. The molecule has 54 heavy (non-hydrogen) atoms. The Morgan fingerprint density at radius 2 is 0.741 bits per heavy atom. The van der Waals surface area contributed by atoms with Crippen molar-refractivity contribution in [3.05, 3.63) is 24.3 Å². The molecule has 0 fully saturated rings. The minimum atomic E-state index is -0.197. The molecule has 0 aromatic carbocycles.